The molecule has 3 amide bonds. The van der Waals surface area contributed by atoms with E-state index in [1.54, 1.807) is 24.2 Å². The Morgan fingerprint density at radius 1 is 1.11 bits per heavy atom. The number of fused-ring (bicyclic) bond motifs is 1. The summed E-state index contributed by atoms with van der Waals surface area (Å²) in [7, 11) is 1.56. The van der Waals surface area contributed by atoms with Crippen molar-refractivity contribution in [3.63, 3.8) is 0 Å². The third-order valence-electron chi connectivity index (χ3n) is 6.33. The van der Waals surface area contributed by atoms with E-state index in [1.807, 2.05) is 30.3 Å². The molecular formula is C28H25IN2O6S. The van der Waals surface area contributed by atoms with E-state index in [2.05, 4.69) is 40.8 Å². The number of hydrogen-bond acceptors (Lipinski definition) is 7. The summed E-state index contributed by atoms with van der Waals surface area (Å²) in [5.74, 6) is 0.375. The molecule has 2 aliphatic rings. The normalized spacial score (nSPS) is 16.9. The second-order valence-corrected chi connectivity index (χ2v) is 10.9. The van der Waals surface area contributed by atoms with E-state index < -0.39 is 11.1 Å². The summed E-state index contributed by atoms with van der Waals surface area (Å²) in [5, 5.41) is 1.81. The highest BCUT2D eigenvalue weighted by Crippen LogP contribution is 2.38. The van der Waals surface area contributed by atoms with Gasteiger partial charge in [-0.05, 0) is 74.5 Å². The van der Waals surface area contributed by atoms with E-state index in [0.717, 1.165) is 36.6 Å². The lowest BCUT2D eigenvalue weighted by molar-refractivity contribution is -0.139. The number of benzene rings is 3. The van der Waals surface area contributed by atoms with Gasteiger partial charge in [0.05, 0.1) is 28.8 Å². The molecule has 0 aromatic heterocycles. The Morgan fingerprint density at radius 3 is 2.66 bits per heavy atom. The van der Waals surface area contributed by atoms with E-state index in [-0.39, 0.29) is 17.4 Å². The lowest BCUT2D eigenvalue weighted by Gasteiger charge is -2.28. The Balaban J connectivity index is 1.32. The summed E-state index contributed by atoms with van der Waals surface area (Å²) < 4.78 is 17.9. The number of imide groups is 1. The van der Waals surface area contributed by atoms with Crippen molar-refractivity contribution in [2.45, 2.75) is 6.61 Å². The lowest BCUT2D eigenvalue weighted by atomic mass is 10.1. The van der Waals surface area contributed by atoms with Crippen LogP contribution in [0.4, 0.5) is 4.79 Å². The Kier molecular flexibility index (Phi) is 8.20. The fourth-order valence-electron chi connectivity index (χ4n) is 4.37. The molecule has 0 saturated carbocycles. The first-order valence-electron chi connectivity index (χ1n) is 12.0. The van der Waals surface area contributed by atoms with Gasteiger partial charge in [0.2, 0.25) is 5.91 Å². The zero-order valence-electron chi connectivity index (χ0n) is 20.6. The Labute approximate surface area is 238 Å². The molecule has 10 heteroatoms. The van der Waals surface area contributed by atoms with Gasteiger partial charge in [0.1, 0.15) is 13.2 Å². The molecule has 0 unspecified atom stereocenters. The van der Waals surface area contributed by atoms with Crippen LogP contribution in [0.2, 0.25) is 0 Å². The number of rotatable bonds is 7. The van der Waals surface area contributed by atoms with Gasteiger partial charge < -0.3 is 19.1 Å². The first kappa shape index (κ1) is 26.5. The Morgan fingerprint density at radius 2 is 1.87 bits per heavy atom. The van der Waals surface area contributed by atoms with Crippen molar-refractivity contribution in [3.05, 3.63) is 74.2 Å². The zero-order chi connectivity index (χ0) is 26.6. The van der Waals surface area contributed by atoms with Crippen LogP contribution in [0, 0.1) is 3.57 Å². The highest BCUT2D eigenvalue weighted by Gasteiger charge is 2.37. The third kappa shape index (κ3) is 5.67. The highest BCUT2D eigenvalue weighted by molar-refractivity contribution is 14.1. The monoisotopic (exact) mass is 644 g/mol. The molecule has 2 aliphatic heterocycles. The van der Waals surface area contributed by atoms with Gasteiger partial charge in [-0.25, -0.2) is 0 Å². The SMILES string of the molecule is COc1cc(/C=C2/SC(=O)N(CC(=O)N3CCOCC3)C2=O)cc(I)c1OCc1cccc2ccccc12. The molecule has 2 heterocycles. The van der Waals surface area contributed by atoms with Crippen molar-refractivity contribution in [2.75, 3.05) is 40.0 Å². The summed E-state index contributed by atoms with van der Waals surface area (Å²) in [6, 6.07) is 17.9. The smallest absolute Gasteiger partial charge is 0.294 e. The van der Waals surface area contributed by atoms with Gasteiger partial charge >= 0.3 is 0 Å². The zero-order valence-corrected chi connectivity index (χ0v) is 23.6. The predicted octanol–water partition coefficient (Wildman–Crippen LogP) is 4.93. The third-order valence-corrected chi connectivity index (χ3v) is 8.04. The van der Waals surface area contributed by atoms with E-state index >= 15 is 0 Å². The van der Waals surface area contributed by atoms with Crippen LogP contribution >= 0.6 is 34.4 Å². The lowest BCUT2D eigenvalue weighted by Crippen LogP contribution is -2.46. The van der Waals surface area contributed by atoms with Crippen molar-refractivity contribution in [3.8, 4) is 11.5 Å². The van der Waals surface area contributed by atoms with Crippen LogP contribution in [0.25, 0.3) is 16.8 Å². The molecule has 2 fully saturated rings. The van der Waals surface area contributed by atoms with Gasteiger partial charge in [-0.15, -0.1) is 0 Å². The molecule has 196 valence electrons. The van der Waals surface area contributed by atoms with E-state index in [4.69, 9.17) is 14.2 Å². The van der Waals surface area contributed by atoms with Crippen molar-refractivity contribution in [2.24, 2.45) is 0 Å². The largest absolute Gasteiger partial charge is 0.493 e. The van der Waals surface area contributed by atoms with Gasteiger partial charge in [0.25, 0.3) is 11.1 Å². The molecule has 0 atom stereocenters. The number of carbonyl (C=O) groups excluding carboxylic acids is 3. The van der Waals surface area contributed by atoms with Crippen molar-refractivity contribution in [1.29, 1.82) is 0 Å². The van der Waals surface area contributed by atoms with Crippen LogP contribution in [0.1, 0.15) is 11.1 Å². The van der Waals surface area contributed by atoms with Crippen molar-refractivity contribution >= 4 is 68.3 Å². The quantitative estimate of drug-likeness (QED) is 0.267. The average Bonchev–Trinajstić information content (AvgIpc) is 3.19. The summed E-state index contributed by atoms with van der Waals surface area (Å²) >= 11 is 3.00. The first-order chi connectivity index (χ1) is 18.4. The average molecular weight is 644 g/mol. The van der Waals surface area contributed by atoms with Crippen LogP contribution in [0.3, 0.4) is 0 Å². The Bertz CT molecular complexity index is 1430. The van der Waals surface area contributed by atoms with Crippen LogP contribution in [-0.2, 0) is 20.9 Å². The second-order valence-electron chi connectivity index (χ2n) is 8.72. The molecule has 38 heavy (non-hydrogen) atoms. The van der Waals surface area contributed by atoms with E-state index in [1.165, 1.54) is 0 Å². The molecule has 3 aromatic carbocycles. The number of amides is 3. The molecular weight excluding hydrogens is 619 g/mol. The van der Waals surface area contributed by atoms with E-state index in [9.17, 15) is 14.4 Å². The molecule has 3 aromatic rings. The number of nitrogens with zero attached hydrogens (tertiary/aromatic N) is 2. The number of hydrogen-bond donors (Lipinski definition) is 0. The minimum atomic E-state index is -0.480. The van der Waals surface area contributed by atoms with Crippen molar-refractivity contribution < 1.29 is 28.6 Å². The maximum absolute atomic E-state index is 13.0. The minimum absolute atomic E-state index is 0.257. The number of thioether (sulfide) groups is 1. The van der Waals surface area contributed by atoms with Gasteiger partial charge in [-0.1, -0.05) is 42.5 Å². The molecule has 0 N–H and O–H groups in total. The van der Waals surface area contributed by atoms with Crippen molar-refractivity contribution in [1.82, 2.24) is 9.80 Å². The molecule has 2 saturated heterocycles. The van der Waals surface area contributed by atoms with Gasteiger partial charge in [-0.2, -0.15) is 0 Å². The van der Waals surface area contributed by atoms with Crippen LogP contribution < -0.4 is 9.47 Å². The van der Waals surface area contributed by atoms with Crippen LogP contribution in [0.15, 0.2) is 59.5 Å². The fourth-order valence-corrected chi connectivity index (χ4v) is 5.99. The van der Waals surface area contributed by atoms with Gasteiger partial charge in [0.15, 0.2) is 11.5 Å². The Hall–Kier alpha value is -3.09. The summed E-state index contributed by atoms with van der Waals surface area (Å²) in [4.78, 5) is 41.0. The van der Waals surface area contributed by atoms with E-state index in [0.29, 0.717) is 50.0 Å². The molecule has 8 nitrogen and oxygen atoms in total. The predicted molar refractivity (Wildman–Crippen MR) is 154 cm³/mol. The summed E-state index contributed by atoms with van der Waals surface area (Å²) in [6.07, 6.45) is 1.64. The molecule has 5 rings (SSSR count). The second kappa shape index (κ2) is 11.7. The standard InChI is InChI=1S/C28H25IN2O6S/c1-35-23-14-18(13-22(29)26(23)37-17-20-7-4-6-19-5-2-3-8-21(19)20)15-24-27(33)31(28(34)38-24)16-25(32)30-9-11-36-12-10-30/h2-8,13-15H,9-12,16-17H2,1H3/b24-15+. The topological polar surface area (TPSA) is 85.4 Å². The molecule has 0 bridgehead atoms. The molecule has 0 spiro atoms. The maximum Gasteiger partial charge on any atom is 0.294 e. The molecule has 0 radical (unpaired) electrons. The maximum atomic E-state index is 13.0. The summed E-state index contributed by atoms with van der Waals surface area (Å²) in [5.41, 5.74) is 1.75. The van der Waals surface area contributed by atoms with Gasteiger partial charge in [0, 0.05) is 13.1 Å². The van der Waals surface area contributed by atoms with Crippen LogP contribution in [0.5, 0.6) is 11.5 Å². The minimum Gasteiger partial charge on any atom is -0.493 e. The number of methoxy groups -OCH3 is 1. The fraction of sp³-hybridized carbons (Fsp3) is 0.250. The summed E-state index contributed by atoms with van der Waals surface area (Å²) in [6.45, 7) is 1.91. The molecule has 0 aliphatic carbocycles. The number of ether oxygens (including phenoxy) is 3. The number of halogens is 1. The number of carbonyl (C=O) groups is 3. The van der Waals surface area contributed by atoms with Gasteiger partial charge in [-0.3, -0.25) is 19.3 Å². The number of morpholine rings is 1. The first-order valence-corrected chi connectivity index (χ1v) is 13.9. The van der Waals surface area contributed by atoms with Crippen LogP contribution in [-0.4, -0.2) is 66.8 Å². The highest BCUT2D eigenvalue weighted by atomic mass is 127.